The van der Waals surface area contributed by atoms with E-state index in [9.17, 15) is 13.2 Å². The van der Waals surface area contributed by atoms with Crippen molar-refractivity contribution in [2.45, 2.75) is 17.7 Å². The van der Waals surface area contributed by atoms with Crippen molar-refractivity contribution in [3.63, 3.8) is 0 Å². The molecule has 0 bridgehead atoms. The number of rotatable bonds is 3. The highest BCUT2D eigenvalue weighted by molar-refractivity contribution is 7.89. The van der Waals surface area contributed by atoms with Crippen LogP contribution in [0.25, 0.3) is 0 Å². The van der Waals surface area contributed by atoms with Gasteiger partial charge >= 0.3 is 5.97 Å². The molecule has 82 valence electrons. The molecular weight excluding hydrogens is 218 g/mol. The number of hydrogen-bond donors (Lipinski definition) is 2. The third kappa shape index (κ3) is 2.77. The summed E-state index contributed by atoms with van der Waals surface area (Å²) in [5, 5.41) is 13.6. The van der Waals surface area contributed by atoms with Crippen LogP contribution in [0.1, 0.15) is 18.4 Å². The van der Waals surface area contributed by atoms with Gasteiger partial charge in [0.25, 0.3) is 0 Å². The quantitative estimate of drug-likeness (QED) is 0.789. The van der Waals surface area contributed by atoms with Gasteiger partial charge in [0.15, 0.2) is 0 Å². The number of benzene rings is 1. The zero-order chi connectivity index (χ0) is 11.6. The van der Waals surface area contributed by atoms with Crippen molar-refractivity contribution in [2.75, 3.05) is 0 Å². The van der Waals surface area contributed by atoms with E-state index in [1.165, 1.54) is 31.2 Å². The minimum absolute atomic E-state index is 0.0242. The highest BCUT2D eigenvalue weighted by Crippen LogP contribution is 2.17. The Morgan fingerprint density at radius 1 is 1.33 bits per heavy atom. The number of nitrogens with two attached hydrogens (primary N) is 1. The first kappa shape index (κ1) is 11.7. The maximum absolute atomic E-state index is 10.9. The van der Waals surface area contributed by atoms with Crippen LogP contribution < -0.4 is 5.14 Å². The van der Waals surface area contributed by atoms with Crippen LogP contribution >= 0.6 is 0 Å². The number of primary sulfonamides is 1. The molecule has 0 heterocycles. The van der Waals surface area contributed by atoms with Gasteiger partial charge in [0.1, 0.15) is 0 Å². The van der Waals surface area contributed by atoms with E-state index in [4.69, 9.17) is 10.2 Å². The van der Waals surface area contributed by atoms with Crippen LogP contribution in [0.3, 0.4) is 0 Å². The summed E-state index contributed by atoms with van der Waals surface area (Å²) in [6.07, 6.45) is 0. The fraction of sp³-hybridized carbons (Fsp3) is 0.222. The van der Waals surface area contributed by atoms with E-state index in [-0.39, 0.29) is 4.90 Å². The molecule has 0 amide bonds. The smallest absolute Gasteiger partial charge is 0.310 e. The standard InChI is InChI=1S/C9H11NO4S/c1-6(9(11)12)7-2-4-8(5-3-7)15(10,13)14/h2-6H,1H3,(H,11,12)(H2,10,13,14). The molecule has 0 fully saturated rings. The van der Waals surface area contributed by atoms with E-state index in [0.717, 1.165) is 0 Å². The molecule has 0 aromatic heterocycles. The van der Waals surface area contributed by atoms with E-state index >= 15 is 0 Å². The Bertz CT molecular complexity index is 463. The molecule has 0 saturated carbocycles. The molecule has 6 heteroatoms. The molecule has 1 atom stereocenters. The van der Waals surface area contributed by atoms with Gasteiger partial charge in [0, 0.05) is 0 Å². The van der Waals surface area contributed by atoms with Crippen LogP contribution in [-0.2, 0) is 14.8 Å². The summed E-state index contributed by atoms with van der Waals surface area (Å²) < 4.78 is 21.8. The minimum Gasteiger partial charge on any atom is -0.481 e. The first-order chi connectivity index (χ1) is 6.82. The van der Waals surface area contributed by atoms with Crippen LogP contribution in [0.4, 0.5) is 0 Å². The first-order valence-corrected chi connectivity index (χ1v) is 5.72. The second kappa shape index (κ2) is 4.00. The minimum atomic E-state index is -3.71. The molecule has 3 N–H and O–H groups in total. The van der Waals surface area contributed by atoms with E-state index in [0.29, 0.717) is 5.56 Å². The Morgan fingerprint density at radius 2 is 1.80 bits per heavy atom. The van der Waals surface area contributed by atoms with Crippen molar-refractivity contribution < 1.29 is 18.3 Å². The van der Waals surface area contributed by atoms with Crippen molar-refractivity contribution >= 4 is 16.0 Å². The van der Waals surface area contributed by atoms with Gasteiger partial charge in [-0.1, -0.05) is 12.1 Å². The predicted molar refractivity (Wildman–Crippen MR) is 53.9 cm³/mol. The summed E-state index contributed by atoms with van der Waals surface area (Å²) in [6, 6.07) is 5.48. The van der Waals surface area contributed by atoms with E-state index in [2.05, 4.69) is 0 Å². The number of sulfonamides is 1. The summed E-state index contributed by atoms with van der Waals surface area (Å²) in [6.45, 7) is 1.52. The molecule has 1 rings (SSSR count). The highest BCUT2D eigenvalue weighted by atomic mass is 32.2. The summed E-state index contributed by atoms with van der Waals surface area (Å²) >= 11 is 0. The highest BCUT2D eigenvalue weighted by Gasteiger charge is 2.14. The lowest BCUT2D eigenvalue weighted by molar-refractivity contribution is -0.138. The van der Waals surface area contributed by atoms with Crippen LogP contribution in [0.15, 0.2) is 29.2 Å². The zero-order valence-electron chi connectivity index (χ0n) is 8.04. The van der Waals surface area contributed by atoms with E-state index < -0.39 is 21.9 Å². The van der Waals surface area contributed by atoms with Crippen molar-refractivity contribution in [1.29, 1.82) is 0 Å². The number of aliphatic carboxylic acids is 1. The Morgan fingerprint density at radius 3 is 2.13 bits per heavy atom. The molecule has 1 unspecified atom stereocenters. The largest absolute Gasteiger partial charge is 0.481 e. The zero-order valence-corrected chi connectivity index (χ0v) is 8.86. The Hall–Kier alpha value is -1.40. The maximum Gasteiger partial charge on any atom is 0.310 e. The number of carboxylic acids is 1. The average molecular weight is 229 g/mol. The molecule has 5 nitrogen and oxygen atoms in total. The molecule has 0 aliphatic heterocycles. The van der Waals surface area contributed by atoms with E-state index in [1.807, 2.05) is 0 Å². The average Bonchev–Trinajstić information content (AvgIpc) is 2.15. The van der Waals surface area contributed by atoms with Gasteiger partial charge in [-0.25, -0.2) is 13.6 Å². The SMILES string of the molecule is CC(C(=O)O)c1ccc(S(N)(=O)=O)cc1. The van der Waals surface area contributed by atoms with Crippen molar-refractivity contribution in [3.8, 4) is 0 Å². The third-order valence-electron chi connectivity index (χ3n) is 2.08. The number of carbonyl (C=O) groups is 1. The first-order valence-electron chi connectivity index (χ1n) is 4.18. The van der Waals surface area contributed by atoms with Gasteiger partial charge in [0.2, 0.25) is 10.0 Å². The van der Waals surface area contributed by atoms with Crippen molar-refractivity contribution in [2.24, 2.45) is 5.14 Å². The normalized spacial score (nSPS) is 13.5. The third-order valence-corrected chi connectivity index (χ3v) is 3.01. The fourth-order valence-electron chi connectivity index (χ4n) is 1.09. The Balaban J connectivity index is 3.06. The van der Waals surface area contributed by atoms with Crippen LogP contribution in [0.2, 0.25) is 0 Å². The molecule has 0 spiro atoms. The fourth-order valence-corrected chi connectivity index (χ4v) is 1.60. The molecule has 0 saturated heterocycles. The number of hydrogen-bond acceptors (Lipinski definition) is 3. The van der Waals surface area contributed by atoms with Crippen LogP contribution in [-0.4, -0.2) is 19.5 Å². The van der Waals surface area contributed by atoms with Gasteiger partial charge in [-0.3, -0.25) is 4.79 Å². The molecule has 0 aliphatic rings. The van der Waals surface area contributed by atoms with Crippen LogP contribution in [0, 0.1) is 0 Å². The Kier molecular flexibility index (Phi) is 3.11. The second-order valence-electron chi connectivity index (χ2n) is 3.17. The molecule has 1 aromatic carbocycles. The number of carboxylic acid groups (broad SMARTS) is 1. The topological polar surface area (TPSA) is 97.5 Å². The van der Waals surface area contributed by atoms with Gasteiger partial charge in [-0.15, -0.1) is 0 Å². The van der Waals surface area contributed by atoms with Gasteiger partial charge in [-0.05, 0) is 24.6 Å². The summed E-state index contributed by atoms with van der Waals surface area (Å²) in [7, 11) is -3.71. The molecule has 15 heavy (non-hydrogen) atoms. The lowest BCUT2D eigenvalue weighted by Gasteiger charge is -2.06. The van der Waals surface area contributed by atoms with Crippen molar-refractivity contribution in [1.82, 2.24) is 0 Å². The van der Waals surface area contributed by atoms with Crippen LogP contribution in [0.5, 0.6) is 0 Å². The Labute approximate surface area is 87.6 Å². The predicted octanol–water partition coefficient (Wildman–Crippen LogP) is 0.522. The van der Waals surface area contributed by atoms with Gasteiger partial charge in [0.05, 0.1) is 10.8 Å². The second-order valence-corrected chi connectivity index (χ2v) is 4.74. The molecule has 0 radical (unpaired) electrons. The van der Waals surface area contributed by atoms with E-state index in [1.54, 1.807) is 0 Å². The van der Waals surface area contributed by atoms with Gasteiger partial charge in [-0.2, -0.15) is 0 Å². The van der Waals surface area contributed by atoms with Crippen molar-refractivity contribution in [3.05, 3.63) is 29.8 Å². The summed E-state index contributed by atoms with van der Waals surface area (Å²) in [5.74, 6) is -1.63. The summed E-state index contributed by atoms with van der Waals surface area (Å²) in [5.41, 5.74) is 0.537. The molecular formula is C9H11NO4S. The molecule has 0 aliphatic carbocycles. The summed E-state index contributed by atoms with van der Waals surface area (Å²) in [4.78, 5) is 10.6. The monoisotopic (exact) mass is 229 g/mol. The molecule has 1 aromatic rings. The lowest BCUT2D eigenvalue weighted by Crippen LogP contribution is -2.12. The lowest BCUT2D eigenvalue weighted by atomic mass is 10.0. The maximum atomic E-state index is 10.9. The van der Waals surface area contributed by atoms with Gasteiger partial charge < -0.3 is 5.11 Å².